The second-order valence-electron chi connectivity index (χ2n) is 6.21. The van der Waals surface area contributed by atoms with Crippen LogP contribution in [0.5, 0.6) is 0 Å². The molecule has 2 N–H and O–H groups in total. The van der Waals surface area contributed by atoms with Gasteiger partial charge in [0.2, 0.25) is 0 Å². The predicted octanol–water partition coefficient (Wildman–Crippen LogP) is 1.66. The van der Waals surface area contributed by atoms with E-state index < -0.39 is 9.84 Å². The maximum atomic E-state index is 11.4. The van der Waals surface area contributed by atoms with Crippen molar-refractivity contribution in [1.29, 1.82) is 0 Å². The highest BCUT2D eigenvalue weighted by Gasteiger charge is 2.27. The first-order valence-electron chi connectivity index (χ1n) is 8.23. The van der Waals surface area contributed by atoms with Crippen molar-refractivity contribution in [2.45, 2.75) is 33.6 Å². The summed E-state index contributed by atoms with van der Waals surface area (Å²) in [5.74, 6) is 2.13. The molecule has 0 bridgehead atoms. The highest BCUT2D eigenvalue weighted by atomic mass is 127. The van der Waals surface area contributed by atoms with E-state index in [1.165, 1.54) is 0 Å². The van der Waals surface area contributed by atoms with Crippen LogP contribution < -0.4 is 10.6 Å². The van der Waals surface area contributed by atoms with Crippen LogP contribution in [0.3, 0.4) is 0 Å². The lowest BCUT2D eigenvalue weighted by Gasteiger charge is -2.13. The van der Waals surface area contributed by atoms with Gasteiger partial charge >= 0.3 is 0 Å². The standard InChI is InChI=1S/C15H31N3O3S.HI/c1-4-16-15(17-7-9-21-8-5-13(2)3)18-11-14-6-10-22(19,20)12-14;/h13-14H,4-12H2,1-3H3,(H2,16,17,18);1H. The Morgan fingerprint density at radius 1 is 1.30 bits per heavy atom. The van der Waals surface area contributed by atoms with Crippen LogP contribution in [0.25, 0.3) is 0 Å². The summed E-state index contributed by atoms with van der Waals surface area (Å²) in [6, 6.07) is 0. The topological polar surface area (TPSA) is 79.8 Å². The van der Waals surface area contributed by atoms with Crippen LogP contribution in [-0.4, -0.2) is 58.7 Å². The molecule has 6 nitrogen and oxygen atoms in total. The SMILES string of the molecule is CCNC(=NCC1CCS(=O)(=O)C1)NCCOCCC(C)C.I. The summed E-state index contributed by atoms with van der Waals surface area (Å²) < 4.78 is 28.4. The minimum absolute atomic E-state index is 0. The van der Waals surface area contributed by atoms with E-state index in [1.54, 1.807) is 0 Å². The monoisotopic (exact) mass is 461 g/mol. The molecule has 1 heterocycles. The van der Waals surface area contributed by atoms with E-state index in [0.717, 1.165) is 32.0 Å². The number of aliphatic imine (C=N–C) groups is 1. The zero-order chi connectivity index (χ0) is 16.4. The molecule has 1 fully saturated rings. The quantitative estimate of drug-likeness (QED) is 0.236. The van der Waals surface area contributed by atoms with Crippen molar-refractivity contribution >= 4 is 39.8 Å². The average molecular weight is 461 g/mol. The number of sulfone groups is 1. The second-order valence-corrected chi connectivity index (χ2v) is 8.44. The molecule has 0 aromatic heterocycles. The van der Waals surface area contributed by atoms with Crippen molar-refractivity contribution in [3.8, 4) is 0 Å². The maximum absolute atomic E-state index is 11.4. The van der Waals surface area contributed by atoms with Gasteiger partial charge in [0.15, 0.2) is 15.8 Å². The summed E-state index contributed by atoms with van der Waals surface area (Å²) in [4.78, 5) is 4.48. The minimum atomic E-state index is -2.82. The summed E-state index contributed by atoms with van der Waals surface area (Å²) in [7, 11) is -2.82. The van der Waals surface area contributed by atoms with Crippen LogP contribution >= 0.6 is 24.0 Å². The Bertz CT molecular complexity index is 441. The number of guanidine groups is 1. The van der Waals surface area contributed by atoms with Gasteiger partial charge in [-0.25, -0.2) is 8.42 Å². The van der Waals surface area contributed by atoms with Crippen LogP contribution in [-0.2, 0) is 14.6 Å². The molecular weight excluding hydrogens is 429 g/mol. The average Bonchev–Trinajstić information content (AvgIpc) is 2.79. The fraction of sp³-hybridized carbons (Fsp3) is 0.933. The van der Waals surface area contributed by atoms with Gasteiger partial charge in [-0.1, -0.05) is 13.8 Å². The molecule has 138 valence electrons. The summed E-state index contributed by atoms with van der Waals surface area (Å²) >= 11 is 0. The third kappa shape index (κ3) is 11.1. The molecule has 0 aromatic carbocycles. The van der Waals surface area contributed by atoms with E-state index in [0.29, 0.717) is 31.4 Å². The molecule has 0 spiro atoms. The van der Waals surface area contributed by atoms with Gasteiger partial charge in [-0.3, -0.25) is 4.99 Å². The highest BCUT2D eigenvalue weighted by Crippen LogP contribution is 2.18. The molecule has 1 aliphatic heterocycles. The molecule has 0 saturated carbocycles. The van der Waals surface area contributed by atoms with Gasteiger partial charge < -0.3 is 15.4 Å². The molecule has 0 radical (unpaired) electrons. The molecule has 0 aromatic rings. The van der Waals surface area contributed by atoms with Gasteiger partial charge in [-0.15, -0.1) is 24.0 Å². The zero-order valence-electron chi connectivity index (χ0n) is 14.5. The van der Waals surface area contributed by atoms with E-state index in [1.807, 2.05) is 6.92 Å². The maximum Gasteiger partial charge on any atom is 0.191 e. The number of hydrogen-bond acceptors (Lipinski definition) is 4. The smallest absolute Gasteiger partial charge is 0.191 e. The van der Waals surface area contributed by atoms with E-state index in [4.69, 9.17) is 4.74 Å². The van der Waals surface area contributed by atoms with Gasteiger partial charge in [0, 0.05) is 26.2 Å². The molecule has 1 rings (SSSR count). The van der Waals surface area contributed by atoms with Gasteiger partial charge in [-0.05, 0) is 31.6 Å². The molecule has 1 saturated heterocycles. The lowest BCUT2D eigenvalue weighted by atomic mass is 10.1. The molecule has 23 heavy (non-hydrogen) atoms. The van der Waals surface area contributed by atoms with Crippen molar-refractivity contribution < 1.29 is 13.2 Å². The first kappa shape index (κ1) is 22.9. The first-order chi connectivity index (χ1) is 10.4. The Morgan fingerprint density at radius 3 is 2.61 bits per heavy atom. The normalized spacial score (nSPS) is 20.3. The number of ether oxygens (including phenoxy) is 1. The Morgan fingerprint density at radius 2 is 2.04 bits per heavy atom. The van der Waals surface area contributed by atoms with E-state index in [2.05, 4.69) is 29.5 Å². The highest BCUT2D eigenvalue weighted by molar-refractivity contribution is 14.0. The van der Waals surface area contributed by atoms with Gasteiger partial charge in [0.1, 0.15) is 0 Å². The van der Waals surface area contributed by atoms with Gasteiger partial charge in [0.05, 0.1) is 18.1 Å². The lowest BCUT2D eigenvalue weighted by molar-refractivity contribution is 0.128. The Hall–Kier alpha value is -0.0900. The predicted molar refractivity (Wildman–Crippen MR) is 106 cm³/mol. The fourth-order valence-corrected chi connectivity index (χ4v) is 4.09. The molecule has 1 aliphatic rings. The first-order valence-corrected chi connectivity index (χ1v) is 10.1. The third-order valence-corrected chi connectivity index (χ3v) is 5.39. The summed E-state index contributed by atoms with van der Waals surface area (Å²) in [6.45, 7) is 9.85. The molecule has 0 amide bonds. The fourth-order valence-electron chi connectivity index (χ4n) is 2.24. The summed E-state index contributed by atoms with van der Waals surface area (Å²) in [5.41, 5.74) is 0. The van der Waals surface area contributed by atoms with Crippen molar-refractivity contribution in [2.24, 2.45) is 16.8 Å². The van der Waals surface area contributed by atoms with Crippen LogP contribution in [0.2, 0.25) is 0 Å². The number of nitrogens with one attached hydrogen (secondary N) is 2. The lowest BCUT2D eigenvalue weighted by Crippen LogP contribution is -2.39. The van der Waals surface area contributed by atoms with E-state index in [9.17, 15) is 8.42 Å². The molecular formula is C15H32IN3O3S. The second kappa shape index (κ2) is 12.3. The summed E-state index contributed by atoms with van der Waals surface area (Å²) in [6.07, 6.45) is 1.80. The molecule has 1 unspecified atom stereocenters. The molecule has 1 atom stereocenters. The summed E-state index contributed by atoms with van der Waals surface area (Å²) in [5, 5.41) is 6.39. The Balaban J connectivity index is 0.00000484. The van der Waals surface area contributed by atoms with Crippen LogP contribution in [0.15, 0.2) is 4.99 Å². The van der Waals surface area contributed by atoms with Crippen molar-refractivity contribution in [2.75, 3.05) is 44.4 Å². The number of halogens is 1. The van der Waals surface area contributed by atoms with E-state index >= 15 is 0 Å². The molecule has 8 heteroatoms. The van der Waals surface area contributed by atoms with Crippen LogP contribution in [0.1, 0.15) is 33.6 Å². The van der Waals surface area contributed by atoms with Crippen molar-refractivity contribution in [1.82, 2.24) is 10.6 Å². The van der Waals surface area contributed by atoms with Crippen molar-refractivity contribution in [3.63, 3.8) is 0 Å². The zero-order valence-corrected chi connectivity index (χ0v) is 17.7. The Labute approximate surface area is 158 Å². The van der Waals surface area contributed by atoms with E-state index in [-0.39, 0.29) is 35.6 Å². The minimum Gasteiger partial charge on any atom is -0.380 e. The Kier molecular flexibility index (Phi) is 12.2. The van der Waals surface area contributed by atoms with Crippen LogP contribution in [0, 0.1) is 11.8 Å². The molecule has 0 aliphatic carbocycles. The largest absolute Gasteiger partial charge is 0.380 e. The van der Waals surface area contributed by atoms with Crippen LogP contribution in [0.4, 0.5) is 0 Å². The van der Waals surface area contributed by atoms with Crippen molar-refractivity contribution in [3.05, 3.63) is 0 Å². The third-order valence-electron chi connectivity index (χ3n) is 3.56. The number of rotatable bonds is 9. The number of hydrogen-bond donors (Lipinski definition) is 2. The van der Waals surface area contributed by atoms with Gasteiger partial charge in [0.25, 0.3) is 0 Å². The van der Waals surface area contributed by atoms with Gasteiger partial charge in [-0.2, -0.15) is 0 Å². The number of nitrogens with zero attached hydrogens (tertiary/aromatic N) is 1.